The molecular formula is C25H24ClN2O5P. The van der Waals surface area contributed by atoms with E-state index in [0.717, 1.165) is 18.4 Å². The molecule has 9 heteroatoms. The fourth-order valence-electron chi connectivity index (χ4n) is 3.89. The second kappa shape index (κ2) is 12.1. The molecule has 0 radical (unpaired) electrons. The number of nitriles is 1. The molecule has 0 atom stereocenters. The number of benzene rings is 3. The smallest absolute Gasteiger partial charge is 0.201 e. The van der Waals surface area contributed by atoms with Gasteiger partial charge in [0.2, 0.25) is 5.31 Å². The predicted octanol–water partition coefficient (Wildman–Crippen LogP) is -1.08. The molecule has 0 amide bonds. The van der Waals surface area contributed by atoms with Crippen LogP contribution in [0.15, 0.2) is 103 Å². The van der Waals surface area contributed by atoms with E-state index in [1.165, 1.54) is 15.9 Å². The highest BCUT2D eigenvalue weighted by Gasteiger charge is 2.50. The van der Waals surface area contributed by atoms with Crippen LogP contribution in [-0.4, -0.2) is 31.2 Å². The van der Waals surface area contributed by atoms with Crippen LogP contribution >= 0.6 is 7.26 Å². The van der Waals surface area contributed by atoms with Crippen molar-refractivity contribution in [3.8, 4) is 6.07 Å². The van der Waals surface area contributed by atoms with Crippen molar-refractivity contribution in [3.63, 3.8) is 0 Å². The topological polar surface area (TPSA) is 128 Å². The maximum Gasteiger partial charge on any atom is 0.201 e. The summed E-state index contributed by atoms with van der Waals surface area (Å²) in [5, 5.41) is 14.8. The fourth-order valence-corrected chi connectivity index (χ4v) is 7.96. The minimum atomic E-state index is -4.94. The molecule has 1 saturated heterocycles. The summed E-state index contributed by atoms with van der Waals surface area (Å²) in [6, 6.07) is 34.1. The maximum atomic E-state index is 10.4. The van der Waals surface area contributed by atoms with Crippen molar-refractivity contribution in [1.82, 2.24) is 4.90 Å². The molecule has 0 saturated carbocycles. The lowest BCUT2D eigenvalue weighted by Crippen LogP contribution is -2.68. The van der Waals surface area contributed by atoms with Gasteiger partial charge in [-0.05, 0) is 36.4 Å². The van der Waals surface area contributed by atoms with Gasteiger partial charge in [-0.2, -0.15) is 5.26 Å². The number of halogens is 1. The van der Waals surface area contributed by atoms with Crippen molar-refractivity contribution >= 4 is 23.2 Å². The molecule has 1 aliphatic heterocycles. The second-order valence-corrected chi connectivity index (χ2v) is 11.5. The van der Waals surface area contributed by atoms with Gasteiger partial charge in [-0.1, -0.05) is 54.6 Å². The van der Waals surface area contributed by atoms with Crippen LogP contribution in [-0.2, 0) is 4.74 Å². The standard InChI is InChI=1S/C25H24N2OP.ClHO4/c26-20-25(21-27-16-18-28-19-17-27)29(22-10-4-1-5-11-22,23-12-6-2-7-13-23)24-14-8-3-9-15-24;2-1(3,4)5/h1-15,21H,16-19H2;(H,2,3,4,5)/q+1;/p-1. The lowest BCUT2D eigenvalue weighted by atomic mass is 10.3. The summed E-state index contributed by atoms with van der Waals surface area (Å²) < 4.78 is 39.5. The largest absolute Gasteiger partial charge is 0.378 e. The van der Waals surface area contributed by atoms with Gasteiger partial charge >= 0.3 is 0 Å². The average Bonchev–Trinajstić information content (AvgIpc) is 2.85. The molecule has 3 aromatic carbocycles. The van der Waals surface area contributed by atoms with Gasteiger partial charge in [0.15, 0.2) is 7.26 Å². The summed E-state index contributed by atoms with van der Waals surface area (Å²) in [6.45, 7) is 3.01. The van der Waals surface area contributed by atoms with E-state index in [2.05, 4.69) is 90.0 Å². The van der Waals surface area contributed by atoms with Crippen molar-refractivity contribution in [2.75, 3.05) is 26.3 Å². The Balaban J connectivity index is 0.000000588. The highest BCUT2D eigenvalue weighted by molar-refractivity contribution is 7.99. The molecule has 1 fully saturated rings. The summed E-state index contributed by atoms with van der Waals surface area (Å²) in [5.74, 6) is 0. The SMILES string of the molecule is N#CC(=CN1CCOCC1)[P+](c1ccccc1)(c1ccccc1)c1ccccc1.[O-][Cl+3]([O-])([O-])[O-]. The Labute approximate surface area is 201 Å². The van der Waals surface area contributed by atoms with Crippen molar-refractivity contribution in [1.29, 1.82) is 5.26 Å². The number of ether oxygens (including phenoxy) is 1. The number of hydrogen-bond acceptors (Lipinski definition) is 7. The Morgan fingerprint density at radius 3 is 1.44 bits per heavy atom. The normalized spacial score (nSPS) is 14.6. The summed E-state index contributed by atoms with van der Waals surface area (Å²) >= 11 is 0. The zero-order chi connectivity index (χ0) is 24.4. The predicted molar refractivity (Wildman–Crippen MR) is 121 cm³/mol. The second-order valence-electron chi connectivity index (χ2n) is 7.33. The first kappa shape index (κ1) is 25.8. The zero-order valence-electron chi connectivity index (χ0n) is 18.3. The summed E-state index contributed by atoms with van der Waals surface area (Å²) in [4.78, 5) is 2.23. The highest BCUT2D eigenvalue weighted by atomic mass is 35.7. The van der Waals surface area contributed by atoms with Crippen LogP contribution in [0.5, 0.6) is 0 Å². The van der Waals surface area contributed by atoms with Crippen LogP contribution in [0, 0.1) is 21.6 Å². The summed E-state index contributed by atoms with van der Waals surface area (Å²) in [6.07, 6.45) is 2.09. The van der Waals surface area contributed by atoms with Crippen LogP contribution in [0.4, 0.5) is 0 Å². The van der Waals surface area contributed by atoms with Crippen LogP contribution in [0.3, 0.4) is 0 Å². The van der Waals surface area contributed by atoms with Gasteiger partial charge in [0, 0.05) is 13.1 Å². The van der Waals surface area contributed by atoms with Crippen molar-refractivity contribution in [2.45, 2.75) is 0 Å². The van der Waals surface area contributed by atoms with E-state index in [1.54, 1.807) is 0 Å². The van der Waals surface area contributed by atoms with Crippen LogP contribution < -0.4 is 34.5 Å². The van der Waals surface area contributed by atoms with Gasteiger partial charge in [-0.15, -0.1) is 10.2 Å². The van der Waals surface area contributed by atoms with E-state index in [1.807, 2.05) is 18.2 Å². The third-order valence-corrected chi connectivity index (χ3v) is 9.41. The Hall–Kier alpha value is -2.79. The fraction of sp³-hybridized carbons (Fsp3) is 0.160. The Kier molecular flexibility index (Phi) is 9.17. The molecule has 4 rings (SSSR count). The number of allylic oxidation sites excluding steroid dienone is 1. The zero-order valence-corrected chi connectivity index (χ0v) is 20.0. The molecular weight excluding hydrogens is 475 g/mol. The van der Waals surface area contributed by atoms with Gasteiger partial charge in [0.25, 0.3) is 0 Å². The Bertz CT molecular complexity index is 994. The molecule has 1 aliphatic rings. The third-order valence-electron chi connectivity index (χ3n) is 5.26. The molecule has 0 unspecified atom stereocenters. The van der Waals surface area contributed by atoms with Gasteiger partial charge in [-0.25, -0.2) is 18.6 Å². The number of hydrogen-bond donors (Lipinski definition) is 0. The van der Waals surface area contributed by atoms with E-state index in [4.69, 9.17) is 23.4 Å². The Morgan fingerprint density at radius 2 is 1.12 bits per heavy atom. The average molecular weight is 499 g/mol. The van der Waals surface area contributed by atoms with E-state index in [0.29, 0.717) is 13.2 Å². The summed E-state index contributed by atoms with van der Waals surface area (Å²) in [5.41, 5.74) is 0. The van der Waals surface area contributed by atoms with Crippen LogP contribution in [0.1, 0.15) is 0 Å². The van der Waals surface area contributed by atoms with E-state index in [-0.39, 0.29) is 0 Å². The highest BCUT2D eigenvalue weighted by Crippen LogP contribution is 2.62. The summed E-state index contributed by atoms with van der Waals surface area (Å²) in [7, 11) is -7.26. The molecule has 3 aromatic rings. The van der Waals surface area contributed by atoms with Crippen LogP contribution in [0.25, 0.3) is 0 Å². The quantitative estimate of drug-likeness (QED) is 0.323. The Morgan fingerprint density at radius 1 is 0.765 bits per heavy atom. The molecule has 0 spiro atoms. The van der Waals surface area contributed by atoms with Gasteiger partial charge in [0.05, 0.1) is 19.4 Å². The molecule has 0 aromatic heterocycles. The van der Waals surface area contributed by atoms with Gasteiger partial charge in [-0.3, -0.25) is 0 Å². The minimum absolute atomic E-state index is 0.697. The van der Waals surface area contributed by atoms with Gasteiger partial charge < -0.3 is 9.64 Å². The molecule has 1 heterocycles. The van der Waals surface area contributed by atoms with E-state index in [9.17, 15) is 5.26 Å². The van der Waals surface area contributed by atoms with Gasteiger partial charge in [0.1, 0.15) is 22.0 Å². The maximum absolute atomic E-state index is 10.4. The lowest BCUT2D eigenvalue weighted by molar-refractivity contribution is -2.00. The first-order valence-corrected chi connectivity index (χ1v) is 13.5. The molecule has 7 nitrogen and oxygen atoms in total. The first-order chi connectivity index (χ1) is 16.4. The van der Waals surface area contributed by atoms with E-state index < -0.39 is 17.5 Å². The molecule has 0 N–H and O–H groups in total. The number of nitrogens with zero attached hydrogens (tertiary/aromatic N) is 2. The van der Waals surface area contributed by atoms with E-state index >= 15 is 0 Å². The minimum Gasteiger partial charge on any atom is -0.378 e. The molecule has 0 aliphatic carbocycles. The van der Waals surface area contributed by atoms with Crippen molar-refractivity contribution in [3.05, 3.63) is 103 Å². The third kappa shape index (κ3) is 6.63. The molecule has 34 heavy (non-hydrogen) atoms. The molecule has 0 bridgehead atoms. The van der Waals surface area contributed by atoms with Crippen LogP contribution in [0.2, 0.25) is 0 Å². The lowest BCUT2D eigenvalue weighted by Gasteiger charge is -2.30. The first-order valence-electron chi connectivity index (χ1n) is 10.5. The van der Waals surface area contributed by atoms with Crippen molar-refractivity contribution in [2.24, 2.45) is 0 Å². The number of rotatable bonds is 5. The monoisotopic (exact) mass is 498 g/mol. The molecule has 176 valence electrons. The number of morpholine rings is 1. The van der Waals surface area contributed by atoms with Crippen molar-refractivity contribution < 1.29 is 33.6 Å².